The highest BCUT2D eigenvalue weighted by Crippen LogP contribution is 1.92. The average molecular weight is 156 g/mol. The van der Waals surface area contributed by atoms with Gasteiger partial charge in [-0.2, -0.15) is 5.10 Å². The summed E-state index contributed by atoms with van der Waals surface area (Å²) in [5, 5.41) is 12.5. The van der Waals surface area contributed by atoms with E-state index in [4.69, 9.17) is 10.8 Å². The zero-order valence-electron chi connectivity index (χ0n) is 6.27. The number of rotatable bonds is 4. The van der Waals surface area contributed by atoms with E-state index >= 15 is 0 Å². The summed E-state index contributed by atoms with van der Waals surface area (Å²) in [5.74, 6) is 0.835. The minimum Gasteiger partial charge on any atom is -0.394 e. The van der Waals surface area contributed by atoms with Crippen molar-refractivity contribution in [2.75, 3.05) is 13.2 Å². The van der Waals surface area contributed by atoms with Gasteiger partial charge in [0.25, 0.3) is 0 Å². The maximum absolute atomic E-state index is 8.61. The SMILES string of the molecule is NCCc1ncnn1CCO. The summed E-state index contributed by atoms with van der Waals surface area (Å²) in [4.78, 5) is 3.99. The lowest BCUT2D eigenvalue weighted by Crippen LogP contribution is -2.12. The van der Waals surface area contributed by atoms with Crippen LogP contribution in [0.4, 0.5) is 0 Å². The molecule has 62 valence electrons. The number of nitrogens with two attached hydrogens (primary N) is 1. The summed E-state index contributed by atoms with van der Waals surface area (Å²) >= 11 is 0. The third-order valence-corrected chi connectivity index (χ3v) is 1.38. The Bertz CT molecular complexity index is 190. The summed E-state index contributed by atoms with van der Waals surface area (Å²) in [5.41, 5.74) is 5.34. The van der Waals surface area contributed by atoms with Crippen LogP contribution < -0.4 is 5.73 Å². The topological polar surface area (TPSA) is 77.0 Å². The van der Waals surface area contributed by atoms with Gasteiger partial charge in [-0.15, -0.1) is 0 Å². The first kappa shape index (κ1) is 8.16. The highest BCUT2D eigenvalue weighted by molar-refractivity contribution is 4.84. The summed E-state index contributed by atoms with van der Waals surface area (Å²) in [6.45, 7) is 1.14. The normalized spacial score (nSPS) is 10.4. The second-order valence-electron chi connectivity index (χ2n) is 2.16. The monoisotopic (exact) mass is 156 g/mol. The van der Waals surface area contributed by atoms with Crippen LogP contribution in [0.5, 0.6) is 0 Å². The van der Waals surface area contributed by atoms with Crippen molar-refractivity contribution in [3.63, 3.8) is 0 Å². The molecule has 0 spiro atoms. The number of hydrogen-bond donors (Lipinski definition) is 2. The molecule has 0 saturated heterocycles. The van der Waals surface area contributed by atoms with Crippen LogP contribution in [0, 0.1) is 0 Å². The molecule has 0 unspecified atom stereocenters. The van der Waals surface area contributed by atoms with Crippen LogP contribution in [0.2, 0.25) is 0 Å². The molecule has 0 aromatic carbocycles. The molecule has 11 heavy (non-hydrogen) atoms. The molecule has 0 bridgehead atoms. The number of nitrogens with zero attached hydrogens (tertiary/aromatic N) is 3. The molecule has 1 aromatic rings. The summed E-state index contributed by atoms with van der Waals surface area (Å²) < 4.78 is 1.66. The van der Waals surface area contributed by atoms with E-state index in [9.17, 15) is 0 Å². The first-order valence-electron chi connectivity index (χ1n) is 3.56. The molecule has 0 saturated carbocycles. The maximum atomic E-state index is 8.61. The molecule has 5 heteroatoms. The smallest absolute Gasteiger partial charge is 0.138 e. The molecule has 0 atom stereocenters. The third-order valence-electron chi connectivity index (χ3n) is 1.38. The fourth-order valence-electron chi connectivity index (χ4n) is 0.892. The van der Waals surface area contributed by atoms with Gasteiger partial charge in [-0.25, -0.2) is 9.67 Å². The maximum Gasteiger partial charge on any atom is 0.138 e. The van der Waals surface area contributed by atoms with Crippen LogP contribution in [-0.2, 0) is 13.0 Å². The Balaban J connectivity index is 2.62. The van der Waals surface area contributed by atoms with Crippen molar-refractivity contribution in [3.8, 4) is 0 Å². The van der Waals surface area contributed by atoms with Crippen molar-refractivity contribution in [2.45, 2.75) is 13.0 Å². The second kappa shape index (κ2) is 4.05. The van der Waals surface area contributed by atoms with E-state index in [1.54, 1.807) is 4.68 Å². The molecule has 1 heterocycles. The van der Waals surface area contributed by atoms with Gasteiger partial charge in [0, 0.05) is 6.42 Å². The molecule has 0 aliphatic carbocycles. The highest BCUT2D eigenvalue weighted by atomic mass is 16.3. The molecule has 0 aliphatic heterocycles. The average Bonchev–Trinajstić information content (AvgIpc) is 2.39. The van der Waals surface area contributed by atoms with E-state index in [0.717, 1.165) is 5.82 Å². The van der Waals surface area contributed by atoms with Gasteiger partial charge >= 0.3 is 0 Å². The highest BCUT2D eigenvalue weighted by Gasteiger charge is 2.00. The van der Waals surface area contributed by atoms with Crippen molar-refractivity contribution in [3.05, 3.63) is 12.2 Å². The van der Waals surface area contributed by atoms with Crippen LogP contribution >= 0.6 is 0 Å². The Morgan fingerprint density at radius 1 is 1.64 bits per heavy atom. The molecule has 3 N–H and O–H groups in total. The van der Waals surface area contributed by atoms with Gasteiger partial charge in [0.05, 0.1) is 13.2 Å². The molecular weight excluding hydrogens is 144 g/mol. The minimum atomic E-state index is 0.0843. The van der Waals surface area contributed by atoms with Gasteiger partial charge in [-0.05, 0) is 6.54 Å². The van der Waals surface area contributed by atoms with Crippen LogP contribution in [0.1, 0.15) is 5.82 Å². The largest absolute Gasteiger partial charge is 0.394 e. The fraction of sp³-hybridized carbons (Fsp3) is 0.667. The second-order valence-corrected chi connectivity index (χ2v) is 2.16. The lowest BCUT2D eigenvalue weighted by molar-refractivity contribution is 0.267. The molecule has 0 aliphatic rings. The number of aromatic nitrogens is 3. The summed E-state index contributed by atoms with van der Waals surface area (Å²) in [7, 11) is 0. The Labute approximate surface area is 64.9 Å². The van der Waals surface area contributed by atoms with E-state index in [0.29, 0.717) is 19.5 Å². The number of aliphatic hydroxyl groups is 1. The molecule has 0 fully saturated rings. The predicted octanol–water partition coefficient (Wildman–Crippen LogP) is -1.23. The van der Waals surface area contributed by atoms with Gasteiger partial charge in [-0.3, -0.25) is 0 Å². The van der Waals surface area contributed by atoms with Gasteiger partial charge in [0.15, 0.2) is 0 Å². The van der Waals surface area contributed by atoms with Crippen LogP contribution in [0.3, 0.4) is 0 Å². The van der Waals surface area contributed by atoms with E-state index < -0.39 is 0 Å². The Morgan fingerprint density at radius 2 is 2.45 bits per heavy atom. The van der Waals surface area contributed by atoms with Gasteiger partial charge < -0.3 is 10.8 Å². The molecule has 5 nitrogen and oxygen atoms in total. The van der Waals surface area contributed by atoms with E-state index in [2.05, 4.69) is 10.1 Å². The lowest BCUT2D eigenvalue weighted by Gasteiger charge is -2.00. The molecule has 0 radical (unpaired) electrons. The zero-order valence-corrected chi connectivity index (χ0v) is 6.27. The van der Waals surface area contributed by atoms with Crippen molar-refractivity contribution < 1.29 is 5.11 Å². The van der Waals surface area contributed by atoms with Gasteiger partial charge in [-0.1, -0.05) is 0 Å². The molecule has 1 rings (SSSR count). The molecular formula is C6H12N4O. The van der Waals surface area contributed by atoms with Crippen molar-refractivity contribution in [1.29, 1.82) is 0 Å². The van der Waals surface area contributed by atoms with E-state index in [1.807, 2.05) is 0 Å². The van der Waals surface area contributed by atoms with Crippen molar-refractivity contribution >= 4 is 0 Å². The first-order valence-corrected chi connectivity index (χ1v) is 3.56. The van der Waals surface area contributed by atoms with Crippen molar-refractivity contribution in [2.24, 2.45) is 5.73 Å². The Morgan fingerprint density at radius 3 is 3.09 bits per heavy atom. The number of hydrogen-bond acceptors (Lipinski definition) is 4. The summed E-state index contributed by atoms with van der Waals surface area (Å²) in [6, 6.07) is 0. The molecule has 0 amide bonds. The minimum absolute atomic E-state index is 0.0843. The Hall–Kier alpha value is -0.940. The lowest BCUT2D eigenvalue weighted by atomic mass is 10.4. The van der Waals surface area contributed by atoms with Gasteiger partial charge in [0.2, 0.25) is 0 Å². The van der Waals surface area contributed by atoms with Crippen LogP contribution in [0.25, 0.3) is 0 Å². The predicted molar refractivity (Wildman–Crippen MR) is 39.9 cm³/mol. The van der Waals surface area contributed by atoms with Crippen LogP contribution in [-0.4, -0.2) is 33.0 Å². The number of aliphatic hydroxyl groups excluding tert-OH is 1. The standard InChI is InChI=1S/C6H12N4O/c7-2-1-6-8-5-9-10(6)3-4-11/h5,11H,1-4,7H2. The van der Waals surface area contributed by atoms with E-state index in [-0.39, 0.29) is 6.61 Å². The third kappa shape index (κ3) is 1.99. The summed E-state index contributed by atoms with van der Waals surface area (Å²) in [6.07, 6.45) is 2.18. The fourth-order valence-corrected chi connectivity index (χ4v) is 0.892. The molecule has 1 aromatic heterocycles. The van der Waals surface area contributed by atoms with Crippen LogP contribution in [0.15, 0.2) is 6.33 Å². The first-order chi connectivity index (χ1) is 5.38. The zero-order chi connectivity index (χ0) is 8.10. The Kier molecular flexibility index (Phi) is 3.00. The van der Waals surface area contributed by atoms with Crippen molar-refractivity contribution in [1.82, 2.24) is 14.8 Å². The van der Waals surface area contributed by atoms with E-state index in [1.165, 1.54) is 6.33 Å². The quantitative estimate of drug-likeness (QED) is 0.572. The van der Waals surface area contributed by atoms with Gasteiger partial charge in [0.1, 0.15) is 12.2 Å².